The molecular weight excluding hydrogens is 298 g/mol. The fraction of sp³-hybridized carbons (Fsp3) is 0.538. The van der Waals surface area contributed by atoms with Crippen LogP contribution in [-0.4, -0.2) is 0 Å². The maximum Gasteiger partial charge on any atom is 0.417 e. The third-order valence-electron chi connectivity index (χ3n) is 3.59. The number of halogens is 5. The predicted molar refractivity (Wildman–Crippen MR) is 72.6 cm³/mol. The molecule has 1 aliphatic carbocycles. The number of rotatable bonds is 2. The summed E-state index contributed by atoms with van der Waals surface area (Å²) in [7, 11) is 0. The van der Waals surface area contributed by atoms with Gasteiger partial charge >= 0.3 is 6.18 Å². The maximum absolute atomic E-state index is 12.6. The van der Waals surface area contributed by atoms with Crippen molar-refractivity contribution in [2.75, 3.05) is 0 Å². The lowest BCUT2D eigenvalue weighted by Gasteiger charge is -2.20. The van der Waals surface area contributed by atoms with E-state index in [1.165, 1.54) is 12.1 Å². The molecule has 1 atom stereocenters. The average Bonchev–Trinajstić information content (AvgIpc) is 2.79. The van der Waals surface area contributed by atoms with Gasteiger partial charge in [0.15, 0.2) is 0 Å². The van der Waals surface area contributed by atoms with Gasteiger partial charge in [-0.05, 0) is 36.5 Å². The van der Waals surface area contributed by atoms with Crippen LogP contribution in [0.2, 0.25) is 5.02 Å². The van der Waals surface area contributed by atoms with E-state index in [0.717, 1.165) is 31.7 Å². The molecule has 108 valence electrons. The van der Waals surface area contributed by atoms with Gasteiger partial charge < -0.3 is 5.73 Å². The first-order valence-corrected chi connectivity index (χ1v) is 6.39. The SMILES string of the molecule is Cl.N[C@H](c1ccc(C(F)(F)F)c(Cl)c1)C1CCCC1. The van der Waals surface area contributed by atoms with Crippen LogP contribution >= 0.6 is 24.0 Å². The van der Waals surface area contributed by atoms with Crippen LogP contribution in [0.5, 0.6) is 0 Å². The van der Waals surface area contributed by atoms with Crippen molar-refractivity contribution in [1.29, 1.82) is 0 Å². The molecule has 0 amide bonds. The lowest BCUT2D eigenvalue weighted by molar-refractivity contribution is -0.137. The maximum atomic E-state index is 12.6. The largest absolute Gasteiger partial charge is 0.417 e. The van der Waals surface area contributed by atoms with Crippen molar-refractivity contribution < 1.29 is 13.2 Å². The molecule has 1 nitrogen and oxygen atoms in total. The highest BCUT2D eigenvalue weighted by Crippen LogP contribution is 2.38. The molecule has 0 spiro atoms. The van der Waals surface area contributed by atoms with Gasteiger partial charge in [-0.2, -0.15) is 13.2 Å². The normalized spacial score (nSPS) is 18.2. The van der Waals surface area contributed by atoms with Crippen molar-refractivity contribution >= 4 is 24.0 Å². The molecule has 1 fully saturated rings. The Morgan fingerprint density at radius 3 is 2.26 bits per heavy atom. The molecule has 0 bridgehead atoms. The van der Waals surface area contributed by atoms with Gasteiger partial charge in [0.05, 0.1) is 10.6 Å². The summed E-state index contributed by atoms with van der Waals surface area (Å²) >= 11 is 5.69. The molecule has 1 aromatic carbocycles. The van der Waals surface area contributed by atoms with Crippen LogP contribution in [0.1, 0.15) is 42.9 Å². The lowest BCUT2D eigenvalue weighted by atomic mass is 9.92. The first kappa shape index (κ1) is 16.6. The fourth-order valence-corrected chi connectivity index (χ4v) is 2.85. The molecule has 2 rings (SSSR count). The minimum absolute atomic E-state index is 0. The van der Waals surface area contributed by atoms with Crippen LogP contribution in [0.3, 0.4) is 0 Å². The number of benzene rings is 1. The molecule has 0 saturated heterocycles. The summed E-state index contributed by atoms with van der Waals surface area (Å²) in [4.78, 5) is 0. The Morgan fingerprint density at radius 1 is 1.21 bits per heavy atom. The Morgan fingerprint density at radius 2 is 1.79 bits per heavy atom. The van der Waals surface area contributed by atoms with Crippen LogP contribution in [-0.2, 0) is 6.18 Å². The molecule has 0 unspecified atom stereocenters. The molecule has 19 heavy (non-hydrogen) atoms. The molecule has 1 aliphatic rings. The van der Waals surface area contributed by atoms with Gasteiger partial charge in [-0.25, -0.2) is 0 Å². The first-order chi connectivity index (χ1) is 8.39. The molecule has 0 heterocycles. The van der Waals surface area contributed by atoms with Crippen molar-refractivity contribution in [2.45, 2.75) is 37.9 Å². The van der Waals surface area contributed by atoms with Gasteiger partial charge in [-0.1, -0.05) is 30.5 Å². The minimum Gasteiger partial charge on any atom is -0.324 e. The van der Waals surface area contributed by atoms with Crippen LogP contribution in [0.15, 0.2) is 18.2 Å². The summed E-state index contributed by atoms with van der Waals surface area (Å²) in [6, 6.07) is 3.60. The molecular formula is C13H16Cl2F3N. The zero-order chi connectivity index (χ0) is 13.3. The molecule has 0 radical (unpaired) electrons. The number of alkyl halides is 3. The summed E-state index contributed by atoms with van der Waals surface area (Å²) in [5, 5.41) is -0.270. The second kappa shape index (κ2) is 6.33. The second-order valence-corrected chi connectivity index (χ2v) is 5.21. The van der Waals surface area contributed by atoms with Gasteiger partial charge in [0, 0.05) is 6.04 Å². The van der Waals surface area contributed by atoms with Gasteiger partial charge in [-0.15, -0.1) is 12.4 Å². The van der Waals surface area contributed by atoms with Crippen molar-refractivity contribution in [3.8, 4) is 0 Å². The zero-order valence-electron chi connectivity index (χ0n) is 10.2. The molecule has 0 aromatic heterocycles. The Kier molecular flexibility index (Phi) is 5.53. The number of hydrogen-bond donors (Lipinski definition) is 1. The summed E-state index contributed by atoms with van der Waals surface area (Å²) in [5.74, 6) is 0.359. The van der Waals surface area contributed by atoms with E-state index in [-0.39, 0.29) is 23.5 Å². The van der Waals surface area contributed by atoms with E-state index in [1.54, 1.807) is 0 Å². The quantitative estimate of drug-likeness (QED) is 0.819. The van der Waals surface area contributed by atoms with E-state index in [0.29, 0.717) is 11.5 Å². The molecule has 1 aromatic rings. The monoisotopic (exact) mass is 313 g/mol. The highest BCUT2D eigenvalue weighted by Gasteiger charge is 2.33. The Labute approximate surface area is 121 Å². The number of nitrogens with two attached hydrogens (primary N) is 1. The van der Waals surface area contributed by atoms with Crippen LogP contribution in [0.25, 0.3) is 0 Å². The lowest BCUT2D eigenvalue weighted by Crippen LogP contribution is -2.19. The third-order valence-corrected chi connectivity index (χ3v) is 3.90. The van der Waals surface area contributed by atoms with Gasteiger partial charge in [0.25, 0.3) is 0 Å². The van der Waals surface area contributed by atoms with E-state index >= 15 is 0 Å². The van der Waals surface area contributed by atoms with Crippen molar-refractivity contribution in [1.82, 2.24) is 0 Å². The minimum atomic E-state index is -4.41. The first-order valence-electron chi connectivity index (χ1n) is 6.02. The molecule has 6 heteroatoms. The van der Waals surface area contributed by atoms with E-state index in [2.05, 4.69) is 0 Å². The predicted octanol–water partition coefficient (Wildman–Crippen LogP) is 4.97. The summed E-state index contributed by atoms with van der Waals surface area (Å²) < 4.78 is 37.7. The van der Waals surface area contributed by atoms with E-state index in [1.807, 2.05) is 0 Å². The Balaban J connectivity index is 0.00000180. The van der Waals surface area contributed by atoms with Gasteiger partial charge in [0.1, 0.15) is 0 Å². The van der Waals surface area contributed by atoms with E-state index in [9.17, 15) is 13.2 Å². The van der Waals surface area contributed by atoms with Crippen LogP contribution in [0, 0.1) is 5.92 Å². The van der Waals surface area contributed by atoms with Crippen molar-refractivity contribution in [3.05, 3.63) is 34.3 Å². The smallest absolute Gasteiger partial charge is 0.324 e. The second-order valence-electron chi connectivity index (χ2n) is 4.81. The molecule has 1 saturated carbocycles. The van der Waals surface area contributed by atoms with Gasteiger partial charge in [-0.3, -0.25) is 0 Å². The zero-order valence-corrected chi connectivity index (χ0v) is 11.8. The summed E-state index contributed by atoms with van der Waals surface area (Å²) in [6.07, 6.45) is -0.0356. The highest BCUT2D eigenvalue weighted by molar-refractivity contribution is 6.31. The highest BCUT2D eigenvalue weighted by atomic mass is 35.5. The van der Waals surface area contributed by atoms with E-state index < -0.39 is 11.7 Å². The van der Waals surface area contributed by atoms with Crippen LogP contribution in [0.4, 0.5) is 13.2 Å². The van der Waals surface area contributed by atoms with Crippen LogP contribution < -0.4 is 5.73 Å². The van der Waals surface area contributed by atoms with E-state index in [4.69, 9.17) is 17.3 Å². The number of hydrogen-bond acceptors (Lipinski definition) is 1. The molecule has 0 aliphatic heterocycles. The fourth-order valence-electron chi connectivity index (χ4n) is 2.56. The Hall–Kier alpha value is -0.450. The Bertz CT molecular complexity index is 428. The topological polar surface area (TPSA) is 26.0 Å². The summed E-state index contributed by atoms with van der Waals surface area (Å²) in [5.41, 5.74) is 5.98. The van der Waals surface area contributed by atoms with Crippen molar-refractivity contribution in [2.24, 2.45) is 11.7 Å². The summed E-state index contributed by atoms with van der Waals surface area (Å²) in [6.45, 7) is 0. The third kappa shape index (κ3) is 3.77. The van der Waals surface area contributed by atoms with Gasteiger partial charge in [0.2, 0.25) is 0 Å². The van der Waals surface area contributed by atoms with Crippen molar-refractivity contribution in [3.63, 3.8) is 0 Å². The standard InChI is InChI=1S/C13H15ClF3N.ClH/c14-11-7-9(5-6-10(11)13(15,16)17)12(18)8-3-1-2-4-8;/h5-8,12H,1-4,18H2;1H/t12-;/m0./s1. The molecule has 2 N–H and O–H groups in total. The average molecular weight is 314 g/mol.